The van der Waals surface area contributed by atoms with Gasteiger partial charge in [-0.2, -0.15) is 0 Å². The minimum absolute atomic E-state index is 0. The van der Waals surface area contributed by atoms with Crippen LogP contribution in [-0.4, -0.2) is 83.7 Å². The molecule has 0 spiro atoms. The Kier molecular flexibility index (Phi) is 15.4. The van der Waals surface area contributed by atoms with Gasteiger partial charge in [0.25, 0.3) is 0 Å². The topological polar surface area (TPSA) is 59.1 Å². The number of halogens is 2. The first-order valence-electron chi connectivity index (χ1n) is 12.6. The first kappa shape index (κ1) is 30.8. The minimum atomic E-state index is -0.227. The third-order valence-electron chi connectivity index (χ3n) is 7.03. The Morgan fingerprint density at radius 3 is 1.58 bits per heavy atom. The van der Waals surface area contributed by atoms with Crippen LogP contribution in [0.2, 0.25) is 0 Å². The number of ether oxygens (including phenoxy) is 2. The highest BCUT2D eigenvalue weighted by Gasteiger charge is 2.37. The Labute approximate surface area is 217 Å². The van der Waals surface area contributed by atoms with Gasteiger partial charge in [-0.1, -0.05) is 26.7 Å². The molecule has 3 rings (SSSR count). The van der Waals surface area contributed by atoms with Gasteiger partial charge in [-0.15, -0.1) is 36.6 Å². The summed E-state index contributed by atoms with van der Waals surface area (Å²) in [5.41, 5.74) is 0. The van der Waals surface area contributed by atoms with Crippen LogP contribution in [0.1, 0.15) is 78.1 Å². The van der Waals surface area contributed by atoms with Crippen molar-refractivity contribution in [2.45, 2.75) is 101 Å². The number of nitrogens with zero attached hydrogens (tertiary/aromatic N) is 2. The van der Waals surface area contributed by atoms with Gasteiger partial charge in [0.15, 0.2) is 0 Å². The summed E-state index contributed by atoms with van der Waals surface area (Å²) in [6, 6.07) is 1.31. The van der Waals surface area contributed by atoms with E-state index in [-0.39, 0.29) is 47.3 Å². The number of carbonyl (C=O) groups excluding carboxylic acids is 2. The highest BCUT2D eigenvalue weighted by molar-refractivity contribution is 8.02. The van der Waals surface area contributed by atoms with Gasteiger partial charge in [0.05, 0.1) is 0 Å². The highest BCUT2D eigenvalue weighted by atomic mass is 35.5. The van der Waals surface area contributed by atoms with Gasteiger partial charge >= 0.3 is 11.9 Å². The van der Waals surface area contributed by atoms with E-state index >= 15 is 0 Å². The monoisotopic (exact) mass is 526 g/mol. The van der Waals surface area contributed by atoms with Gasteiger partial charge in [0.2, 0.25) is 0 Å². The van der Waals surface area contributed by atoms with E-state index in [4.69, 9.17) is 9.47 Å². The number of rotatable bonds is 12. The molecule has 0 amide bonds. The zero-order valence-electron chi connectivity index (χ0n) is 20.4. The van der Waals surface area contributed by atoms with Crippen LogP contribution in [0.5, 0.6) is 0 Å². The third kappa shape index (κ3) is 9.40. The molecule has 9 heteroatoms. The zero-order chi connectivity index (χ0) is 22.1. The van der Waals surface area contributed by atoms with E-state index in [1.807, 2.05) is 0 Å². The lowest BCUT2D eigenvalue weighted by Crippen LogP contribution is -2.34. The molecule has 0 aromatic carbocycles. The lowest BCUT2D eigenvalue weighted by atomic mass is 10.1. The van der Waals surface area contributed by atoms with Crippen LogP contribution in [0.4, 0.5) is 0 Å². The summed E-state index contributed by atoms with van der Waals surface area (Å²) in [7, 11) is 0. The molecule has 3 fully saturated rings. The van der Waals surface area contributed by atoms with Crippen molar-refractivity contribution in [3.8, 4) is 0 Å². The molecule has 4 atom stereocenters. The Balaban J connectivity index is 0.00000272. The van der Waals surface area contributed by atoms with Gasteiger partial charge in [-0.3, -0.25) is 19.4 Å². The largest absolute Gasteiger partial charge is 0.463 e. The van der Waals surface area contributed by atoms with Crippen LogP contribution in [0.3, 0.4) is 0 Å². The predicted octanol–water partition coefficient (Wildman–Crippen LogP) is 4.71. The molecule has 0 N–H and O–H groups in total. The highest BCUT2D eigenvalue weighted by Crippen LogP contribution is 2.35. The van der Waals surface area contributed by atoms with Gasteiger partial charge in [-0.05, 0) is 64.5 Å². The molecule has 0 saturated carbocycles. The predicted molar refractivity (Wildman–Crippen MR) is 140 cm³/mol. The quantitative estimate of drug-likeness (QED) is 0.341. The van der Waals surface area contributed by atoms with Crippen molar-refractivity contribution >= 4 is 48.5 Å². The molecule has 0 aromatic rings. The van der Waals surface area contributed by atoms with Crippen LogP contribution in [0, 0.1) is 0 Å². The smallest absolute Gasteiger partial charge is 0.319 e. The second-order valence-corrected chi connectivity index (χ2v) is 10.7. The molecular weight excluding hydrogens is 483 g/mol. The molecule has 0 aromatic heterocycles. The van der Waals surface area contributed by atoms with E-state index in [1.54, 1.807) is 0 Å². The fraction of sp³-hybridized carbons (Fsp3) is 0.917. The van der Waals surface area contributed by atoms with Crippen molar-refractivity contribution in [3.05, 3.63) is 0 Å². The molecule has 3 saturated heterocycles. The molecule has 0 radical (unpaired) electrons. The summed E-state index contributed by atoms with van der Waals surface area (Å²) in [5, 5.41) is -0.454. The van der Waals surface area contributed by atoms with Gasteiger partial charge in [0, 0.05) is 25.2 Å². The van der Waals surface area contributed by atoms with Gasteiger partial charge < -0.3 is 9.47 Å². The van der Waals surface area contributed by atoms with Crippen molar-refractivity contribution in [2.75, 3.05) is 39.4 Å². The normalized spacial score (nSPS) is 27.7. The molecule has 194 valence electrons. The van der Waals surface area contributed by atoms with Crippen LogP contribution >= 0.6 is 36.6 Å². The Morgan fingerprint density at radius 2 is 1.18 bits per heavy atom. The van der Waals surface area contributed by atoms with E-state index in [2.05, 4.69) is 23.6 Å². The molecule has 0 aliphatic carbocycles. The molecule has 3 aliphatic rings. The minimum Gasteiger partial charge on any atom is -0.463 e. The molecular formula is C24H44Cl2N2O4S. The van der Waals surface area contributed by atoms with Crippen LogP contribution in [0.15, 0.2) is 0 Å². The van der Waals surface area contributed by atoms with E-state index < -0.39 is 0 Å². The van der Waals surface area contributed by atoms with Crippen LogP contribution in [-0.2, 0) is 19.1 Å². The summed E-state index contributed by atoms with van der Waals surface area (Å²) in [6.45, 7) is 9.26. The number of hydrogen-bond acceptors (Lipinski definition) is 7. The zero-order valence-corrected chi connectivity index (χ0v) is 22.8. The lowest BCUT2D eigenvalue weighted by Gasteiger charge is -2.24. The summed E-state index contributed by atoms with van der Waals surface area (Å²) in [4.78, 5) is 29.8. The second-order valence-electron chi connectivity index (χ2n) is 9.27. The molecule has 33 heavy (non-hydrogen) atoms. The lowest BCUT2D eigenvalue weighted by molar-refractivity contribution is -0.144. The van der Waals surface area contributed by atoms with Crippen molar-refractivity contribution < 1.29 is 19.1 Å². The summed E-state index contributed by atoms with van der Waals surface area (Å²) in [5.74, 6) is -0.322. The maximum atomic E-state index is 12.5. The number of thioether (sulfide) groups is 1. The fourth-order valence-corrected chi connectivity index (χ4v) is 6.70. The van der Waals surface area contributed by atoms with Gasteiger partial charge in [-0.25, -0.2) is 0 Å². The van der Waals surface area contributed by atoms with Crippen molar-refractivity contribution in [3.63, 3.8) is 0 Å². The van der Waals surface area contributed by atoms with Crippen molar-refractivity contribution in [1.29, 1.82) is 0 Å². The number of hydrogen-bond donors (Lipinski definition) is 0. The maximum absolute atomic E-state index is 12.5. The average Bonchev–Trinajstić information content (AvgIpc) is 3.50. The SMILES string of the molecule is CCCC1CCCN1CCOC(=O)C1CCC(C(=O)OCCN2CCCC2CCC)S1.Cl.Cl. The third-order valence-corrected chi connectivity index (χ3v) is 8.55. The van der Waals surface area contributed by atoms with Crippen molar-refractivity contribution in [2.24, 2.45) is 0 Å². The maximum Gasteiger partial charge on any atom is 0.319 e. The van der Waals surface area contributed by atoms with Crippen molar-refractivity contribution in [1.82, 2.24) is 9.80 Å². The van der Waals surface area contributed by atoms with Crippen LogP contribution in [0.25, 0.3) is 0 Å². The molecule has 4 unspecified atom stereocenters. The fourth-order valence-electron chi connectivity index (χ4n) is 5.40. The number of esters is 2. The number of likely N-dealkylation sites (tertiary alicyclic amines) is 2. The molecule has 3 heterocycles. The van der Waals surface area contributed by atoms with E-state index in [9.17, 15) is 9.59 Å². The Morgan fingerprint density at radius 1 is 0.758 bits per heavy atom. The standard InChI is InChI=1S/C24H42N2O4S.2ClH/c1-3-7-19-9-5-13-25(19)15-17-29-23(27)21-11-12-22(31-21)24(28)30-18-16-26-14-6-10-20(26)8-4-2;;/h19-22H,3-18H2,1-2H3;2*1H. The number of carbonyl (C=O) groups is 2. The first-order valence-corrected chi connectivity index (χ1v) is 13.5. The summed E-state index contributed by atoms with van der Waals surface area (Å²) >= 11 is 1.43. The van der Waals surface area contributed by atoms with Crippen LogP contribution < -0.4 is 0 Å². The average molecular weight is 528 g/mol. The molecule has 6 nitrogen and oxygen atoms in total. The van der Waals surface area contributed by atoms with E-state index in [1.165, 1.54) is 63.1 Å². The Hall–Kier alpha value is -0.210. The summed E-state index contributed by atoms with van der Waals surface area (Å²) in [6.07, 6.45) is 11.3. The van der Waals surface area contributed by atoms with E-state index in [0.717, 1.165) is 26.2 Å². The summed E-state index contributed by atoms with van der Waals surface area (Å²) < 4.78 is 11.1. The van der Waals surface area contributed by atoms with E-state index in [0.29, 0.717) is 38.1 Å². The second kappa shape index (κ2) is 16.5. The van der Waals surface area contributed by atoms with Gasteiger partial charge in [0.1, 0.15) is 23.7 Å². The Bertz CT molecular complexity index is 539. The molecule has 3 aliphatic heterocycles. The molecule has 0 bridgehead atoms. The first-order chi connectivity index (χ1) is 15.1.